The van der Waals surface area contributed by atoms with Crippen molar-refractivity contribution in [2.45, 2.75) is 75.9 Å². The third-order valence-electron chi connectivity index (χ3n) is 7.81. The Labute approximate surface area is 260 Å². The Balaban J connectivity index is 1.71. The van der Waals surface area contributed by atoms with E-state index in [0.717, 1.165) is 47.5 Å². The Morgan fingerprint density at radius 3 is 2.35 bits per heavy atom. The van der Waals surface area contributed by atoms with Gasteiger partial charge in [-0.05, 0) is 74.2 Å². The second-order valence-electron chi connectivity index (χ2n) is 10.9. The van der Waals surface area contributed by atoms with Gasteiger partial charge in [-0.3, -0.25) is 13.9 Å². The first-order valence-electron chi connectivity index (χ1n) is 14.7. The highest BCUT2D eigenvalue weighted by Crippen LogP contribution is 2.28. The largest absolute Gasteiger partial charge is 0.497 e. The Bertz CT molecular complexity index is 1510. The van der Waals surface area contributed by atoms with Crippen molar-refractivity contribution in [3.63, 3.8) is 0 Å². The SMILES string of the molecule is CC[C@@H](C(=O)NC1CCCCC1)N(Cc1cccc(OC)c1)C(=O)CN(c1cccc(Cl)c1)S(=O)(=O)c1ccc(C)cc1. The fourth-order valence-electron chi connectivity index (χ4n) is 5.43. The number of ether oxygens (including phenoxy) is 1. The van der Waals surface area contributed by atoms with Crippen molar-refractivity contribution in [3.8, 4) is 5.75 Å². The van der Waals surface area contributed by atoms with Gasteiger partial charge in [0.25, 0.3) is 10.0 Å². The number of anilines is 1. The lowest BCUT2D eigenvalue weighted by Crippen LogP contribution is -2.54. The molecule has 0 aromatic heterocycles. The number of methoxy groups -OCH3 is 1. The zero-order valence-corrected chi connectivity index (χ0v) is 26.5. The van der Waals surface area contributed by atoms with Gasteiger partial charge in [-0.25, -0.2) is 8.42 Å². The second kappa shape index (κ2) is 14.8. The third-order valence-corrected chi connectivity index (χ3v) is 9.83. The smallest absolute Gasteiger partial charge is 0.264 e. The summed E-state index contributed by atoms with van der Waals surface area (Å²) in [5.74, 6) is -0.127. The molecule has 43 heavy (non-hydrogen) atoms. The summed E-state index contributed by atoms with van der Waals surface area (Å²) in [6, 6.07) is 19.4. The highest BCUT2D eigenvalue weighted by Gasteiger charge is 2.34. The molecule has 1 N–H and O–H groups in total. The predicted molar refractivity (Wildman–Crippen MR) is 170 cm³/mol. The van der Waals surface area contributed by atoms with Crippen LogP contribution in [0.4, 0.5) is 5.69 Å². The van der Waals surface area contributed by atoms with Gasteiger partial charge < -0.3 is 15.0 Å². The van der Waals surface area contributed by atoms with Crippen molar-refractivity contribution in [2.24, 2.45) is 0 Å². The van der Waals surface area contributed by atoms with E-state index < -0.39 is 28.5 Å². The molecule has 1 saturated carbocycles. The summed E-state index contributed by atoms with van der Waals surface area (Å²) >= 11 is 6.27. The number of nitrogens with one attached hydrogen (secondary N) is 1. The average Bonchev–Trinajstić information content (AvgIpc) is 3.00. The summed E-state index contributed by atoms with van der Waals surface area (Å²) in [5, 5.41) is 3.49. The summed E-state index contributed by atoms with van der Waals surface area (Å²) in [6.45, 7) is 3.30. The van der Waals surface area contributed by atoms with Gasteiger partial charge in [0, 0.05) is 17.6 Å². The molecule has 8 nitrogen and oxygen atoms in total. The van der Waals surface area contributed by atoms with E-state index >= 15 is 0 Å². The van der Waals surface area contributed by atoms with Crippen LogP contribution < -0.4 is 14.4 Å². The molecule has 1 atom stereocenters. The normalized spacial score (nSPS) is 14.5. The number of hydrogen-bond acceptors (Lipinski definition) is 5. The summed E-state index contributed by atoms with van der Waals surface area (Å²) in [7, 11) is -2.61. The van der Waals surface area contributed by atoms with Crippen LogP contribution in [0, 0.1) is 6.92 Å². The lowest BCUT2D eigenvalue weighted by atomic mass is 9.95. The van der Waals surface area contributed by atoms with Gasteiger partial charge in [-0.2, -0.15) is 0 Å². The van der Waals surface area contributed by atoms with Gasteiger partial charge in [0.1, 0.15) is 18.3 Å². The molecule has 2 amide bonds. The Morgan fingerprint density at radius 1 is 1.00 bits per heavy atom. The Morgan fingerprint density at radius 2 is 1.70 bits per heavy atom. The van der Waals surface area contributed by atoms with E-state index in [-0.39, 0.29) is 29.1 Å². The summed E-state index contributed by atoms with van der Waals surface area (Å²) in [6.07, 6.45) is 5.43. The minimum Gasteiger partial charge on any atom is -0.497 e. The number of carbonyl (C=O) groups excluding carboxylic acids is 2. The van der Waals surface area contributed by atoms with Gasteiger partial charge >= 0.3 is 0 Å². The van der Waals surface area contributed by atoms with Crippen LogP contribution >= 0.6 is 11.6 Å². The Kier molecular flexibility index (Phi) is 11.1. The van der Waals surface area contributed by atoms with E-state index in [9.17, 15) is 18.0 Å². The predicted octanol–water partition coefficient (Wildman–Crippen LogP) is 6.11. The second-order valence-corrected chi connectivity index (χ2v) is 13.2. The Hall–Kier alpha value is -3.56. The first-order valence-corrected chi connectivity index (χ1v) is 16.5. The minimum absolute atomic E-state index is 0.0484. The summed E-state index contributed by atoms with van der Waals surface area (Å²) in [4.78, 5) is 29.5. The fraction of sp³-hybridized carbons (Fsp3) is 0.394. The number of aryl methyl sites for hydroxylation is 1. The maximum absolute atomic E-state index is 14.3. The van der Waals surface area contributed by atoms with Crippen molar-refractivity contribution >= 4 is 39.1 Å². The van der Waals surface area contributed by atoms with Crippen molar-refractivity contribution < 1.29 is 22.7 Å². The summed E-state index contributed by atoms with van der Waals surface area (Å²) in [5.41, 5.74) is 1.92. The van der Waals surface area contributed by atoms with E-state index in [4.69, 9.17) is 16.3 Å². The number of hydrogen-bond donors (Lipinski definition) is 1. The molecular formula is C33H40ClN3O5S. The third kappa shape index (κ3) is 8.30. The van der Waals surface area contributed by atoms with Crippen LogP contribution in [0.3, 0.4) is 0 Å². The standard InChI is InChI=1S/C33H40ClN3O5S/c1-4-31(33(39)35-27-12-6-5-7-13-27)36(22-25-10-8-15-29(20-25)42-3)32(38)23-37(28-14-9-11-26(34)21-28)43(40,41)30-18-16-24(2)17-19-30/h8-11,14-21,27,31H,4-7,12-13,22-23H2,1-3H3,(H,35,39)/t31-/m0/s1. The molecule has 0 spiro atoms. The van der Waals surface area contributed by atoms with E-state index in [1.165, 1.54) is 23.1 Å². The molecule has 0 radical (unpaired) electrons. The quantitative estimate of drug-likeness (QED) is 0.262. The van der Waals surface area contributed by atoms with Crippen LogP contribution in [0.1, 0.15) is 56.6 Å². The van der Waals surface area contributed by atoms with Crippen molar-refractivity contribution in [1.29, 1.82) is 0 Å². The first-order chi connectivity index (χ1) is 20.6. The van der Waals surface area contributed by atoms with Crippen molar-refractivity contribution in [2.75, 3.05) is 18.0 Å². The van der Waals surface area contributed by atoms with Gasteiger partial charge in [0.2, 0.25) is 11.8 Å². The molecule has 0 heterocycles. The lowest BCUT2D eigenvalue weighted by molar-refractivity contribution is -0.140. The fourth-order valence-corrected chi connectivity index (χ4v) is 7.02. The van der Waals surface area contributed by atoms with Gasteiger partial charge in [-0.15, -0.1) is 0 Å². The van der Waals surface area contributed by atoms with Gasteiger partial charge in [0.05, 0.1) is 17.7 Å². The number of carbonyl (C=O) groups is 2. The van der Waals surface area contributed by atoms with E-state index in [0.29, 0.717) is 17.2 Å². The van der Waals surface area contributed by atoms with Crippen LogP contribution in [0.25, 0.3) is 0 Å². The molecule has 3 aromatic rings. The summed E-state index contributed by atoms with van der Waals surface area (Å²) < 4.78 is 34.5. The van der Waals surface area contributed by atoms with Crippen molar-refractivity contribution in [3.05, 3.63) is 88.9 Å². The average molecular weight is 626 g/mol. The van der Waals surface area contributed by atoms with Gasteiger partial charge in [0.15, 0.2) is 0 Å². The number of rotatable bonds is 12. The number of nitrogens with zero attached hydrogens (tertiary/aromatic N) is 2. The first kappa shape index (κ1) is 32.4. The number of amides is 2. The van der Waals surface area contributed by atoms with E-state index in [1.54, 1.807) is 43.5 Å². The molecule has 1 aliphatic rings. The highest BCUT2D eigenvalue weighted by molar-refractivity contribution is 7.92. The van der Waals surface area contributed by atoms with E-state index in [2.05, 4.69) is 5.32 Å². The van der Waals surface area contributed by atoms with Crippen LogP contribution in [-0.2, 0) is 26.2 Å². The van der Waals surface area contributed by atoms with Crippen molar-refractivity contribution in [1.82, 2.24) is 10.2 Å². The van der Waals surface area contributed by atoms with Crippen LogP contribution in [0.2, 0.25) is 5.02 Å². The molecular weight excluding hydrogens is 586 g/mol. The van der Waals surface area contributed by atoms with Crippen LogP contribution in [0.5, 0.6) is 5.75 Å². The maximum atomic E-state index is 14.3. The van der Waals surface area contributed by atoms with Gasteiger partial charge in [-0.1, -0.05) is 73.7 Å². The molecule has 0 unspecified atom stereocenters. The molecule has 10 heteroatoms. The molecule has 1 fully saturated rings. The molecule has 1 aliphatic carbocycles. The van der Waals surface area contributed by atoms with E-state index in [1.807, 2.05) is 32.0 Å². The molecule has 230 valence electrons. The number of halogens is 1. The monoisotopic (exact) mass is 625 g/mol. The number of sulfonamides is 1. The number of benzene rings is 3. The maximum Gasteiger partial charge on any atom is 0.264 e. The van der Waals surface area contributed by atoms with Crippen LogP contribution in [-0.4, -0.2) is 50.9 Å². The minimum atomic E-state index is -4.17. The molecule has 0 saturated heterocycles. The highest BCUT2D eigenvalue weighted by atomic mass is 35.5. The zero-order chi connectivity index (χ0) is 31.0. The molecule has 4 rings (SSSR count). The molecule has 0 aliphatic heterocycles. The molecule has 3 aromatic carbocycles. The molecule has 0 bridgehead atoms. The topological polar surface area (TPSA) is 96.0 Å². The van der Waals surface area contributed by atoms with Crippen LogP contribution in [0.15, 0.2) is 77.7 Å². The lowest BCUT2D eigenvalue weighted by Gasteiger charge is -2.34. The zero-order valence-electron chi connectivity index (χ0n) is 25.0.